The van der Waals surface area contributed by atoms with Crippen molar-refractivity contribution in [3.8, 4) is 0 Å². The number of nitrogens with one attached hydrogen (secondary N) is 2. The largest absolute Gasteiger partial charge is 0.375 e. The molecule has 2 aliphatic rings. The number of nitrogens with zero attached hydrogens (tertiary/aromatic N) is 2. The number of hydrogen-bond donors (Lipinski definition) is 3. The molecule has 0 spiro atoms. The van der Waals surface area contributed by atoms with E-state index in [2.05, 4.69) is 15.7 Å². The zero-order chi connectivity index (χ0) is 11.7. The summed E-state index contributed by atoms with van der Waals surface area (Å²) in [6.45, 7) is 3.53. The van der Waals surface area contributed by atoms with Crippen LogP contribution in [0.3, 0.4) is 0 Å². The lowest BCUT2D eigenvalue weighted by molar-refractivity contribution is 0.114. The Bertz CT molecular complexity index is 376. The van der Waals surface area contributed by atoms with Crippen molar-refractivity contribution in [3.05, 3.63) is 12.3 Å². The normalized spacial score (nSPS) is 29.2. The number of rotatable bonds is 4. The molecule has 3 rings (SSSR count). The highest BCUT2D eigenvalue weighted by molar-refractivity contribution is 5.35. The van der Waals surface area contributed by atoms with Gasteiger partial charge < -0.3 is 21.1 Å². The lowest BCUT2D eigenvalue weighted by Gasteiger charge is -2.29. The Morgan fingerprint density at radius 2 is 2.47 bits per heavy atom. The maximum atomic E-state index is 5.96. The van der Waals surface area contributed by atoms with Crippen molar-refractivity contribution >= 4 is 5.82 Å². The molecular formula is C11H19N5O. The Balaban J connectivity index is 1.59. The molecule has 6 nitrogen and oxygen atoms in total. The lowest BCUT2D eigenvalue weighted by atomic mass is 10.1. The highest BCUT2D eigenvalue weighted by atomic mass is 16.5. The summed E-state index contributed by atoms with van der Waals surface area (Å²) >= 11 is 0. The van der Waals surface area contributed by atoms with Crippen LogP contribution in [-0.4, -0.2) is 48.2 Å². The van der Waals surface area contributed by atoms with Crippen LogP contribution in [0, 0.1) is 0 Å². The molecule has 0 aromatic carbocycles. The van der Waals surface area contributed by atoms with E-state index in [1.54, 1.807) is 0 Å². The Morgan fingerprint density at radius 1 is 1.59 bits per heavy atom. The van der Waals surface area contributed by atoms with Gasteiger partial charge in [0.25, 0.3) is 0 Å². The molecule has 3 heterocycles. The van der Waals surface area contributed by atoms with Crippen molar-refractivity contribution in [2.24, 2.45) is 5.73 Å². The third-order valence-electron chi connectivity index (χ3n) is 3.52. The van der Waals surface area contributed by atoms with Gasteiger partial charge in [0.1, 0.15) is 5.82 Å². The zero-order valence-corrected chi connectivity index (χ0v) is 9.80. The van der Waals surface area contributed by atoms with Crippen LogP contribution in [0.25, 0.3) is 0 Å². The average molecular weight is 237 g/mol. The summed E-state index contributed by atoms with van der Waals surface area (Å²) in [5, 5.41) is 11.0. The van der Waals surface area contributed by atoms with Crippen LogP contribution in [0.5, 0.6) is 0 Å². The van der Waals surface area contributed by atoms with Crippen LogP contribution in [0.2, 0.25) is 0 Å². The van der Waals surface area contributed by atoms with E-state index in [4.69, 9.17) is 10.5 Å². The Morgan fingerprint density at radius 3 is 3.12 bits per heavy atom. The average Bonchev–Trinajstić information content (AvgIpc) is 2.83. The van der Waals surface area contributed by atoms with Gasteiger partial charge in [0, 0.05) is 38.3 Å². The lowest BCUT2D eigenvalue weighted by Crippen LogP contribution is -2.44. The number of aromatic nitrogens is 2. The molecule has 0 unspecified atom stereocenters. The van der Waals surface area contributed by atoms with Gasteiger partial charge in [0.2, 0.25) is 0 Å². The second kappa shape index (κ2) is 4.64. The number of anilines is 1. The SMILES string of the molecule is N[C@@H]1CCO[C@@H]1CNc1ccnn1C1CNC1. The second-order valence-corrected chi connectivity index (χ2v) is 4.72. The van der Waals surface area contributed by atoms with Gasteiger partial charge in [0.05, 0.1) is 18.3 Å². The maximum absolute atomic E-state index is 5.96. The molecule has 0 bridgehead atoms. The molecule has 2 aliphatic heterocycles. The molecule has 0 saturated carbocycles. The summed E-state index contributed by atoms with van der Waals surface area (Å²) in [5.41, 5.74) is 5.96. The van der Waals surface area contributed by atoms with Crippen molar-refractivity contribution in [3.63, 3.8) is 0 Å². The fourth-order valence-corrected chi connectivity index (χ4v) is 2.27. The van der Waals surface area contributed by atoms with Crippen molar-refractivity contribution < 1.29 is 4.74 Å². The predicted molar refractivity (Wildman–Crippen MR) is 65.0 cm³/mol. The number of ether oxygens (including phenoxy) is 1. The van der Waals surface area contributed by atoms with Gasteiger partial charge in [0.15, 0.2) is 0 Å². The third-order valence-corrected chi connectivity index (χ3v) is 3.52. The summed E-state index contributed by atoms with van der Waals surface area (Å²) in [5.74, 6) is 1.05. The zero-order valence-electron chi connectivity index (χ0n) is 9.80. The quantitative estimate of drug-likeness (QED) is 0.661. The molecule has 0 aliphatic carbocycles. The molecule has 1 aromatic rings. The second-order valence-electron chi connectivity index (χ2n) is 4.72. The van der Waals surface area contributed by atoms with E-state index in [-0.39, 0.29) is 12.1 Å². The first-order valence-corrected chi connectivity index (χ1v) is 6.20. The highest BCUT2D eigenvalue weighted by Gasteiger charge is 2.26. The first-order chi connectivity index (χ1) is 8.34. The first kappa shape index (κ1) is 11.0. The summed E-state index contributed by atoms with van der Waals surface area (Å²) < 4.78 is 7.61. The van der Waals surface area contributed by atoms with Crippen LogP contribution in [0.1, 0.15) is 12.5 Å². The van der Waals surface area contributed by atoms with Crippen LogP contribution >= 0.6 is 0 Å². The van der Waals surface area contributed by atoms with Crippen LogP contribution in [0.15, 0.2) is 12.3 Å². The van der Waals surface area contributed by atoms with Crippen LogP contribution in [0.4, 0.5) is 5.82 Å². The summed E-state index contributed by atoms with van der Waals surface area (Å²) in [6, 6.07) is 2.63. The molecule has 2 atom stereocenters. The fourth-order valence-electron chi connectivity index (χ4n) is 2.27. The van der Waals surface area contributed by atoms with E-state index >= 15 is 0 Å². The van der Waals surface area contributed by atoms with E-state index in [0.29, 0.717) is 6.04 Å². The molecule has 2 fully saturated rings. The van der Waals surface area contributed by atoms with Gasteiger partial charge in [-0.15, -0.1) is 0 Å². The van der Waals surface area contributed by atoms with Crippen molar-refractivity contribution in [1.29, 1.82) is 0 Å². The van der Waals surface area contributed by atoms with E-state index in [1.165, 1.54) is 0 Å². The van der Waals surface area contributed by atoms with Crippen molar-refractivity contribution in [1.82, 2.24) is 15.1 Å². The van der Waals surface area contributed by atoms with E-state index in [1.807, 2.05) is 16.9 Å². The minimum Gasteiger partial charge on any atom is -0.375 e. The topological polar surface area (TPSA) is 77.1 Å². The molecular weight excluding hydrogens is 218 g/mol. The summed E-state index contributed by atoms with van der Waals surface area (Å²) in [7, 11) is 0. The first-order valence-electron chi connectivity index (χ1n) is 6.20. The van der Waals surface area contributed by atoms with Crippen molar-refractivity contribution in [2.75, 3.05) is 31.6 Å². The van der Waals surface area contributed by atoms with Crippen LogP contribution in [-0.2, 0) is 4.74 Å². The molecule has 0 radical (unpaired) electrons. The summed E-state index contributed by atoms with van der Waals surface area (Å²) in [4.78, 5) is 0. The fraction of sp³-hybridized carbons (Fsp3) is 0.727. The van der Waals surface area contributed by atoms with E-state index in [9.17, 15) is 0 Å². The monoisotopic (exact) mass is 237 g/mol. The molecule has 17 heavy (non-hydrogen) atoms. The van der Waals surface area contributed by atoms with E-state index in [0.717, 1.165) is 38.5 Å². The van der Waals surface area contributed by atoms with Gasteiger partial charge in [-0.25, -0.2) is 4.68 Å². The van der Waals surface area contributed by atoms with Gasteiger partial charge >= 0.3 is 0 Å². The Kier molecular flexibility index (Phi) is 3.00. The smallest absolute Gasteiger partial charge is 0.124 e. The molecule has 94 valence electrons. The number of hydrogen-bond acceptors (Lipinski definition) is 5. The van der Waals surface area contributed by atoms with E-state index < -0.39 is 0 Å². The number of nitrogens with two attached hydrogens (primary N) is 1. The molecule has 0 amide bonds. The Hall–Kier alpha value is -1.11. The standard InChI is InChI=1S/C11H19N5O/c12-9-2-4-17-10(9)7-14-11-1-3-15-16(11)8-5-13-6-8/h1,3,8-10,13-14H,2,4-7,12H2/t9-,10-/m1/s1. The highest BCUT2D eigenvalue weighted by Crippen LogP contribution is 2.18. The predicted octanol–water partition coefficient (Wildman–Crippen LogP) is -0.445. The van der Waals surface area contributed by atoms with Gasteiger partial charge in [-0.3, -0.25) is 0 Å². The van der Waals surface area contributed by atoms with Gasteiger partial charge in [-0.2, -0.15) is 5.10 Å². The minimum absolute atomic E-state index is 0.123. The molecule has 2 saturated heterocycles. The minimum atomic E-state index is 0.123. The maximum Gasteiger partial charge on any atom is 0.124 e. The molecule has 4 N–H and O–H groups in total. The summed E-state index contributed by atoms with van der Waals surface area (Å²) in [6.07, 6.45) is 2.91. The van der Waals surface area contributed by atoms with Crippen LogP contribution < -0.4 is 16.4 Å². The van der Waals surface area contributed by atoms with Crippen molar-refractivity contribution in [2.45, 2.75) is 24.6 Å². The molecule has 6 heteroatoms. The van der Waals surface area contributed by atoms with Gasteiger partial charge in [-0.1, -0.05) is 0 Å². The molecule has 1 aromatic heterocycles. The van der Waals surface area contributed by atoms with Gasteiger partial charge in [-0.05, 0) is 6.42 Å². The Labute approximate surface area is 100 Å². The third kappa shape index (κ3) is 2.15.